The van der Waals surface area contributed by atoms with Gasteiger partial charge in [0.1, 0.15) is 0 Å². The Balaban J connectivity index is 0.932. The van der Waals surface area contributed by atoms with Gasteiger partial charge in [-0.2, -0.15) is 0 Å². The predicted octanol–water partition coefficient (Wildman–Crippen LogP) is 17.0. The van der Waals surface area contributed by atoms with Crippen molar-refractivity contribution in [3.05, 3.63) is 279 Å². The first kappa shape index (κ1) is 39.5. The molecule has 1 radical (unpaired) electrons. The summed E-state index contributed by atoms with van der Waals surface area (Å²) in [5, 5.41) is 0. The summed E-state index contributed by atoms with van der Waals surface area (Å²) < 4.78 is 0. The molecule has 0 saturated heterocycles. The van der Waals surface area contributed by atoms with Crippen molar-refractivity contribution in [2.45, 2.75) is 0 Å². The minimum absolute atomic E-state index is 1.03. The average molecular weight is 822 g/mol. The van der Waals surface area contributed by atoms with E-state index in [0.29, 0.717) is 0 Å². The van der Waals surface area contributed by atoms with Gasteiger partial charge in [-0.15, -0.1) is 0 Å². The Kier molecular flexibility index (Phi) is 11.5. The monoisotopic (exact) mass is 821 g/mol. The lowest BCUT2D eigenvalue weighted by molar-refractivity contribution is 1.25. The van der Waals surface area contributed by atoms with Crippen LogP contribution in [0.3, 0.4) is 0 Å². The lowest BCUT2D eigenvalue weighted by atomic mass is 10.0. The second kappa shape index (κ2) is 18.6. The molecule has 0 saturated carbocycles. The smallest absolute Gasteiger partial charge is 0.0468 e. The van der Waals surface area contributed by atoms with Gasteiger partial charge in [0, 0.05) is 68.2 Å². The summed E-state index contributed by atoms with van der Waals surface area (Å²) in [4.78, 5) is 9.16. The van der Waals surface area contributed by atoms with E-state index in [-0.39, 0.29) is 0 Å². The summed E-state index contributed by atoms with van der Waals surface area (Å²) in [7, 11) is 0. The molecular weight excluding hydrogens is 777 g/mol. The third kappa shape index (κ3) is 8.49. The first-order valence-corrected chi connectivity index (χ1v) is 21.6. The van der Waals surface area contributed by atoms with Crippen LogP contribution in [0.2, 0.25) is 0 Å². The van der Waals surface area contributed by atoms with Gasteiger partial charge in [0.15, 0.2) is 0 Å². The Morgan fingerprint density at radius 2 is 0.391 bits per heavy atom. The van der Waals surface area contributed by atoms with Gasteiger partial charge in [-0.05, 0) is 163 Å². The van der Waals surface area contributed by atoms with E-state index in [9.17, 15) is 0 Å². The summed E-state index contributed by atoms with van der Waals surface area (Å²) >= 11 is 0. The van der Waals surface area contributed by atoms with Crippen LogP contribution in [0, 0.1) is 6.07 Å². The normalized spacial score (nSPS) is 10.8. The summed E-state index contributed by atoms with van der Waals surface area (Å²) in [6, 6.07) is 99.6. The molecule has 0 spiro atoms. The fourth-order valence-corrected chi connectivity index (χ4v) is 8.28. The van der Waals surface area contributed by atoms with Crippen LogP contribution in [-0.4, -0.2) is 0 Å². The molecule has 0 aliphatic heterocycles. The van der Waals surface area contributed by atoms with Gasteiger partial charge in [-0.3, -0.25) is 0 Å². The molecule has 10 aromatic rings. The molecule has 0 aliphatic rings. The van der Waals surface area contributed by atoms with Crippen molar-refractivity contribution in [1.29, 1.82) is 0 Å². The van der Waals surface area contributed by atoms with E-state index in [1.165, 1.54) is 0 Å². The maximum atomic E-state index is 3.63. The summed E-state index contributed by atoms with van der Waals surface area (Å²) in [5.74, 6) is 0. The minimum atomic E-state index is 1.03. The van der Waals surface area contributed by atoms with E-state index < -0.39 is 0 Å². The second-order valence-corrected chi connectivity index (χ2v) is 15.4. The number of para-hydroxylation sites is 6. The predicted molar refractivity (Wildman–Crippen MR) is 269 cm³/mol. The highest BCUT2D eigenvalue weighted by Crippen LogP contribution is 2.42. The molecule has 0 N–H and O–H groups in total. The molecule has 0 fully saturated rings. The van der Waals surface area contributed by atoms with Crippen LogP contribution >= 0.6 is 0 Å². The molecular formula is C60H45N4. The van der Waals surface area contributed by atoms with Crippen LogP contribution in [0.25, 0.3) is 11.1 Å². The molecule has 10 aromatic carbocycles. The zero-order valence-corrected chi connectivity index (χ0v) is 35.3. The van der Waals surface area contributed by atoms with Gasteiger partial charge in [-0.25, -0.2) is 0 Å². The molecule has 0 amide bonds. The van der Waals surface area contributed by atoms with E-state index in [2.05, 4.69) is 299 Å². The van der Waals surface area contributed by atoms with Crippen LogP contribution in [-0.2, 0) is 0 Å². The minimum Gasteiger partial charge on any atom is -0.311 e. The van der Waals surface area contributed by atoms with Gasteiger partial charge in [0.25, 0.3) is 0 Å². The molecule has 0 bridgehead atoms. The Labute approximate surface area is 376 Å². The van der Waals surface area contributed by atoms with Gasteiger partial charge in [0.05, 0.1) is 0 Å². The van der Waals surface area contributed by atoms with Crippen LogP contribution in [0.5, 0.6) is 0 Å². The van der Waals surface area contributed by atoms with Crippen molar-refractivity contribution < 1.29 is 0 Å². The molecule has 64 heavy (non-hydrogen) atoms. The summed E-state index contributed by atoms with van der Waals surface area (Å²) in [6.07, 6.45) is 0. The maximum absolute atomic E-state index is 3.63. The Morgan fingerprint density at radius 1 is 0.188 bits per heavy atom. The Morgan fingerprint density at radius 3 is 0.625 bits per heavy atom. The van der Waals surface area contributed by atoms with E-state index in [4.69, 9.17) is 0 Å². The van der Waals surface area contributed by atoms with Crippen molar-refractivity contribution in [3.8, 4) is 11.1 Å². The largest absolute Gasteiger partial charge is 0.311 e. The molecule has 0 heterocycles. The van der Waals surface area contributed by atoms with E-state index in [1.54, 1.807) is 0 Å². The van der Waals surface area contributed by atoms with Crippen LogP contribution in [0.4, 0.5) is 68.2 Å². The molecule has 0 atom stereocenters. The number of rotatable bonds is 13. The van der Waals surface area contributed by atoms with E-state index in [0.717, 1.165) is 79.4 Å². The topological polar surface area (TPSA) is 13.0 Å². The third-order valence-corrected chi connectivity index (χ3v) is 11.3. The first-order chi connectivity index (χ1) is 31.8. The van der Waals surface area contributed by atoms with Crippen LogP contribution < -0.4 is 19.6 Å². The van der Waals surface area contributed by atoms with Gasteiger partial charge in [-0.1, -0.05) is 127 Å². The highest BCUT2D eigenvalue weighted by molar-refractivity contribution is 5.84. The standard InChI is InChI=1S/C60H45N4/c1-7-19-49(20-8-1)61(50-21-9-2-10-22-50)57-39-43-59(44-40-57)63(53-27-15-5-16-28-53)55-35-31-47(32-36-55)48-33-37-56(38-34-48)64(54-29-17-6-18-30-54)60-45-41-58(42-46-60)62(51-23-11-3-12-24-51)52-25-13-4-14-26-52/h1-33,35-46H. The van der Waals surface area contributed by atoms with Crippen LogP contribution in [0.15, 0.2) is 273 Å². The molecule has 10 rings (SSSR count). The number of anilines is 12. The molecule has 4 nitrogen and oxygen atoms in total. The zero-order chi connectivity index (χ0) is 42.9. The van der Waals surface area contributed by atoms with Gasteiger partial charge >= 0.3 is 0 Å². The lowest BCUT2D eigenvalue weighted by Crippen LogP contribution is -2.12. The Bertz CT molecular complexity index is 2690. The highest BCUT2D eigenvalue weighted by Gasteiger charge is 2.18. The molecule has 0 aromatic heterocycles. The fraction of sp³-hybridized carbons (Fsp3) is 0. The first-order valence-electron chi connectivity index (χ1n) is 21.6. The molecule has 4 heteroatoms. The van der Waals surface area contributed by atoms with Crippen molar-refractivity contribution in [2.75, 3.05) is 19.6 Å². The number of hydrogen-bond acceptors (Lipinski definition) is 4. The van der Waals surface area contributed by atoms with Crippen molar-refractivity contribution in [3.63, 3.8) is 0 Å². The quantitative estimate of drug-likeness (QED) is 0.115. The van der Waals surface area contributed by atoms with Crippen LogP contribution in [0.1, 0.15) is 0 Å². The molecule has 305 valence electrons. The molecule has 0 aliphatic carbocycles. The highest BCUT2D eigenvalue weighted by atomic mass is 15.2. The fourth-order valence-electron chi connectivity index (χ4n) is 8.28. The maximum Gasteiger partial charge on any atom is 0.0468 e. The van der Waals surface area contributed by atoms with Crippen molar-refractivity contribution >= 4 is 68.2 Å². The summed E-state index contributed by atoms with van der Waals surface area (Å²) in [6.45, 7) is 0. The zero-order valence-electron chi connectivity index (χ0n) is 35.3. The second-order valence-electron chi connectivity index (χ2n) is 15.4. The number of hydrogen-bond donors (Lipinski definition) is 0. The van der Waals surface area contributed by atoms with Crippen molar-refractivity contribution in [1.82, 2.24) is 0 Å². The Hall–Kier alpha value is -8.60. The van der Waals surface area contributed by atoms with Crippen molar-refractivity contribution in [2.24, 2.45) is 0 Å². The van der Waals surface area contributed by atoms with E-state index in [1.807, 2.05) is 0 Å². The summed E-state index contributed by atoms with van der Waals surface area (Å²) in [5.41, 5.74) is 15.1. The molecule has 0 unspecified atom stereocenters. The SMILES string of the molecule is [c]1cc(N(c2ccccc2)c2ccc(N(c3ccccc3)c3ccccc3)cc2)ccc1-c1ccc(N(c2ccccc2)c2ccc(N(c3ccccc3)c3ccccc3)cc2)cc1. The number of nitrogens with zero attached hydrogens (tertiary/aromatic N) is 4. The van der Waals surface area contributed by atoms with Gasteiger partial charge < -0.3 is 19.6 Å². The lowest BCUT2D eigenvalue weighted by Gasteiger charge is -2.28. The average Bonchev–Trinajstić information content (AvgIpc) is 3.38. The number of benzene rings is 10. The third-order valence-electron chi connectivity index (χ3n) is 11.3. The van der Waals surface area contributed by atoms with Gasteiger partial charge in [0.2, 0.25) is 0 Å². The van der Waals surface area contributed by atoms with E-state index >= 15 is 0 Å².